The number of likely N-dealkylation sites (tertiary alicyclic amines) is 1. The predicted octanol–water partition coefficient (Wildman–Crippen LogP) is 4.78. The summed E-state index contributed by atoms with van der Waals surface area (Å²) in [6, 6.07) is 20.3. The van der Waals surface area contributed by atoms with Gasteiger partial charge in [0.1, 0.15) is 0 Å². The second kappa shape index (κ2) is 7.93. The Labute approximate surface area is 166 Å². The van der Waals surface area contributed by atoms with E-state index < -0.39 is 0 Å². The highest BCUT2D eigenvalue weighted by Crippen LogP contribution is 2.28. The minimum Gasteiger partial charge on any atom is -0.338 e. The minimum atomic E-state index is 0.110. The Balaban J connectivity index is 1.48. The Hall–Kier alpha value is -3.01. The summed E-state index contributed by atoms with van der Waals surface area (Å²) in [7, 11) is 0. The van der Waals surface area contributed by atoms with E-state index in [2.05, 4.69) is 41.4 Å². The molecule has 142 valence electrons. The molecule has 1 fully saturated rings. The van der Waals surface area contributed by atoms with Crippen LogP contribution in [0.1, 0.15) is 45.9 Å². The Bertz CT molecular complexity index is 964. The van der Waals surface area contributed by atoms with E-state index in [0.717, 1.165) is 48.4 Å². The first-order chi connectivity index (χ1) is 13.6. The molecule has 0 spiro atoms. The molecule has 1 saturated heterocycles. The summed E-state index contributed by atoms with van der Waals surface area (Å²) >= 11 is 0. The van der Waals surface area contributed by atoms with Gasteiger partial charge in [-0.25, -0.2) is 0 Å². The summed E-state index contributed by atoms with van der Waals surface area (Å²) in [5, 5.41) is 8.32. The van der Waals surface area contributed by atoms with E-state index in [1.807, 2.05) is 48.2 Å². The summed E-state index contributed by atoms with van der Waals surface area (Å²) in [6.07, 6.45) is 2.18. The van der Waals surface area contributed by atoms with Gasteiger partial charge >= 0.3 is 0 Å². The quantitative estimate of drug-likeness (QED) is 0.666. The number of carbonyl (C=O) groups excluding carboxylic acids is 1. The highest BCUT2D eigenvalue weighted by atomic mass is 16.2. The lowest BCUT2D eigenvalue weighted by Crippen LogP contribution is -2.39. The molecule has 1 atom stereocenters. The van der Waals surface area contributed by atoms with Crippen LogP contribution in [-0.2, 0) is 0 Å². The third-order valence-corrected chi connectivity index (χ3v) is 5.45. The Morgan fingerprint density at radius 2 is 1.82 bits per heavy atom. The third-order valence-electron chi connectivity index (χ3n) is 5.45. The number of piperidine rings is 1. The molecule has 3 aromatic rings. The van der Waals surface area contributed by atoms with Crippen LogP contribution in [0.3, 0.4) is 0 Å². The van der Waals surface area contributed by atoms with Gasteiger partial charge in [-0.3, -0.25) is 4.79 Å². The lowest BCUT2D eigenvalue weighted by Gasteiger charge is -2.33. The zero-order chi connectivity index (χ0) is 19.5. The van der Waals surface area contributed by atoms with Crippen LogP contribution in [0, 0.1) is 13.8 Å². The molecule has 1 aliphatic heterocycles. The molecule has 1 aromatic heterocycles. The summed E-state index contributed by atoms with van der Waals surface area (Å²) in [5.41, 5.74) is 6.03. The van der Waals surface area contributed by atoms with Gasteiger partial charge in [0.15, 0.2) is 0 Å². The average molecular weight is 371 g/mol. The second-order valence-electron chi connectivity index (χ2n) is 7.64. The monoisotopic (exact) mass is 371 g/mol. The molecule has 0 unspecified atom stereocenters. The van der Waals surface area contributed by atoms with Gasteiger partial charge in [-0.05, 0) is 56.5 Å². The lowest BCUT2D eigenvalue weighted by atomic mass is 9.89. The highest BCUT2D eigenvalue weighted by Gasteiger charge is 2.25. The summed E-state index contributed by atoms with van der Waals surface area (Å²) in [5.74, 6) is 0.526. The summed E-state index contributed by atoms with van der Waals surface area (Å²) in [6.45, 7) is 5.65. The molecule has 4 rings (SSSR count). The van der Waals surface area contributed by atoms with Crippen LogP contribution in [0.15, 0.2) is 60.7 Å². The molecule has 0 aliphatic carbocycles. The van der Waals surface area contributed by atoms with E-state index in [1.54, 1.807) is 0 Å². The van der Waals surface area contributed by atoms with Crippen LogP contribution in [0.5, 0.6) is 0 Å². The number of hydrogen-bond donors (Lipinski definition) is 0. The van der Waals surface area contributed by atoms with Crippen molar-refractivity contribution in [3.63, 3.8) is 0 Å². The molecule has 2 heterocycles. The molecule has 2 aromatic carbocycles. The minimum absolute atomic E-state index is 0.110. The first-order valence-electron chi connectivity index (χ1n) is 9.87. The Morgan fingerprint density at radius 3 is 2.54 bits per heavy atom. The fraction of sp³-hybridized carbons (Fsp3) is 0.292. The van der Waals surface area contributed by atoms with Crippen molar-refractivity contribution in [1.82, 2.24) is 15.1 Å². The fourth-order valence-electron chi connectivity index (χ4n) is 3.88. The van der Waals surface area contributed by atoms with Crippen molar-refractivity contribution in [3.05, 3.63) is 83.0 Å². The molecule has 1 amide bonds. The molecule has 0 saturated carbocycles. The van der Waals surface area contributed by atoms with Crippen molar-refractivity contribution in [3.8, 4) is 11.3 Å². The van der Waals surface area contributed by atoms with Crippen LogP contribution in [-0.4, -0.2) is 34.1 Å². The number of carbonyl (C=O) groups is 1. The smallest absolute Gasteiger partial charge is 0.253 e. The first-order valence-corrected chi connectivity index (χ1v) is 9.87. The van der Waals surface area contributed by atoms with Gasteiger partial charge < -0.3 is 4.90 Å². The van der Waals surface area contributed by atoms with Gasteiger partial charge in [0.05, 0.1) is 11.4 Å². The van der Waals surface area contributed by atoms with E-state index >= 15 is 0 Å². The molecule has 4 nitrogen and oxygen atoms in total. The Kier molecular flexibility index (Phi) is 5.20. The van der Waals surface area contributed by atoms with Crippen molar-refractivity contribution in [1.29, 1.82) is 0 Å². The average Bonchev–Trinajstić information content (AvgIpc) is 2.74. The third kappa shape index (κ3) is 3.96. The fourth-order valence-corrected chi connectivity index (χ4v) is 3.88. The van der Waals surface area contributed by atoms with Crippen molar-refractivity contribution in [2.45, 2.75) is 32.6 Å². The van der Waals surface area contributed by atoms with Crippen LogP contribution >= 0.6 is 0 Å². The van der Waals surface area contributed by atoms with Gasteiger partial charge in [-0.2, -0.15) is 10.2 Å². The van der Waals surface area contributed by atoms with Gasteiger partial charge in [-0.15, -0.1) is 0 Å². The van der Waals surface area contributed by atoms with E-state index in [0.29, 0.717) is 5.92 Å². The molecule has 0 N–H and O–H groups in total. The molecule has 0 bridgehead atoms. The largest absolute Gasteiger partial charge is 0.338 e. The predicted molar refractivity (Wildman–Crippen MR) is 111 cm³/mol. The summed E-state index contributed by atoms with van der Waals surface area (Å²) < 4.78 is 0. The summed E-state index contributed by atoms with van der Waals surface area (Å²) in [4.78, 5) is 15.0. The number of aromatic nitrogens is 2. The maximum atomic E-state index is 13.0. The number of hydrogen-bond acceptors (Lipinski definition) is 3. The van der Waals surface area contributed by atoms with Crippen molar-refractivity contribution < 1.29 is 4.79 Å². The molecule has 4 heteroatoms. The van der Waals surface area contributed by atoms with Crippen LogP contribution in [0.4, 0.5) is 0 Å². The topological polar surface area (TPSA) is 46.1 Å². The maximum absolute atomic E-state index is 13.0. The first kappa shape index (κ1) is 18.4. The van der Waals surface area contributed by atoms with E-state index in [1.165, 1.54) is 11.1 Å². The number of aryl methyl sites for hydroxylation is 2. The second-order valence-corrected chi connectivity index (χ2v) is 7.64. The lowest BCUT2D eigenvalue weighted by molar-refractivity contribution is 0.0707. The van der Waals surface area contributed by atoms with Gasteiger partial charge in [0.2, 0.25) is 0 Å². The molecule has 1 aliphatic rings. The van der Waals surface area contributed by atoms with Crippen LogP contribution < -0.4 is 0 Å². The zero-order valence-electron chi connectivity index (χ0n) is 16.4. The normalized spacial score (nSPS) is 16.8. The maximum Gasteiger partial charge on any atom is 0.253 e. The van der Waals surface area contributed by atoms with Crippen LogP contribution in [0.25, 0.3) is 11.3 Å². The van der Waals surface area contributed by atoms with Crippen molar-refractivity contribution in [2.75, 3.05) is 13.1 Å². The molecule has 0 radical (unpaired) electrons. The number of nitrogens with zero attached hydrogens (tertiary/aromatic N) is 3. The van der Waals surface area contributed by atoms with E-state index in [4.69, 9.17) is 0 Å². The van der Waals surface area contributed by atoms with Crippen molar-refractivity contribution in [2.24, 2.45) is 0 Å². The molecule has 28 heavy (non-hydrogen) atoms. The number of rotatable bonds is 3. The number of amides is 1. The standard InChI is InChI=1S/C24H25N3O/c1-17-5-3-6-21(15-17)22-7-4-14-27(16-22)24(28)20-11-9-19(10-12-20)23-13-8-18(2)25-26-23/h3,5-6,8-13,15,22H,4,7,14,16H2,1-2H3/t22-/m1/s1. The number of benzene rings is 2. The molecular formula is C24H25N3O. The zero-order valence-corrected chi connectivity index (χ0v) is 16.4. The highest BCUT2D eigenvalue weighted by molar-refractivity contribution is 5.94. The van der Waals surface area contributed by atoms with Gasteiger partial charge in [0.25, 0.3) is 5.91 Å². The van der Waals surface area contributed by atoms with Gasteiger partial charge in [0, 0.05) is 30.1 Å². The van der Waals surface area contributed by atoms with Crippen LogP contribution in [0.2, 0.25) is 0 Å². The van der Waals surface area contributed by atoms with Gasteiger partial charge in [-0.1, -0.05) is 42.0 Å². The van der Waals surface area contributed by atoms with E-state index in [-0.39, 0.29) is 5.91 Å². The molecular weight excluding hydrogens is 346 g/mol. The van der Waals surface area contributed by atoms with Crippen molar-refractivity contribution >= 4 is 5.91 Å². The Morgan fingerprint density at radius 1 is 1.00 bits per heavy atom. The SMILES string of the molecule is Cc1cccc([C@@H]2CCCN(C(=O)c3ccc(-c4ccc(C)nn4)cc3)C2)c1. The van der Waals surface area contributed by atoms with E-state index in [9.17, 15) is 4.79 Å².